The van der Waals surface area contributed by atoms with E-state index < -0.39 is 0 Å². The number of aryl methyl sites for hydroxylation is 2. The van der Waals surface area contributed by atoms with Gasteiger partial charge in [-0.05, 0) is 32.4 Å². The van der Waals surface area contributed by atoms with Crippen LogP contribution in [0.25, 0.3) is 0 Å². The number of rotatable bonds is 7. The fourth-order valence-corrected chi connectivity index (χ4v) is 2.10. The fraction of sp³-hybridized carbons (Fsp3) is 0.438. The van der Waals surface area contributed by atoms with Gasteiger partial charge >= 0.3 is 0 Å². The quantitative estimate of drug-likeness (QED) is 0.824. The molecule has 2 aromatic rings. The van der Waals surface area contributed by atoms with Gasteiger partial charge in [0.05, 0.1) is 12.3 Å². The predicted octanol–water partition coefficient (Wildman–Crippen LogP) is 4.13. The Hall–Kier alpha value is -1.97. The van der Waals surface area contributed by atoms with E-state index in [-0.39, 0.29) is 0 Å². The average Bonchev–Trinajstić information content (AvgIpc) is 2.77. The summed E-state index contributed by atoms with van der Waals surface area (Å²) < 4.78 is 7.69. The summed E-state index contributed by atoms with van der Waals surface area (Å²) in [6.07, 6.45) is 4.42. The topological polar surface area (TPSA) is 39.1 Å². The molecule has 0 radical (unpaired) electrons. The second-order valence-electron chi connectivity index (χ2n) is 4.84. The lowest BCUT2D eigenvalue weighted by Crippen LogP contribution is -2.03. The van der Waals surface area contributed by atoms with Gasteiger partial charge in [-0.25, -0.2) is 4.98 Å². The number of anilines is 2. The van der Waals surface area contributed by atoms with Crippen molar-refractivity contribution in [2.24, 2.45) is 0 Å². The predicted molar refractivity (Wildman–Crippen MR) is 82.8 cm³/mol. The van der Waals surface area contributed by atoms with Gasteiger partial charge in [-0.3, -0.25) is 0 Å². The number of ether oxygens (including phenoxy) is 1. The van der Waals surface area contributed by atoms with Gasteiger partial charge in [-0.15, -0.1) is 0 Å². The van der Waals surface area contributed by atoms with E-state index in [4.69, 9.17) is 4.74 Å². The second-order valence-corrected chi connectivity index (χ2v) is 4.84. The Kier molecular flexibility index (Phi) is 5.04. The summed E-state index contributed by atoms with van der Waals surface area (Å²) in [5.41, 5.74) is 2.03. The van der Waals surface area contributed by atoms with Crippen LogP contribution in [0.4, 0.5) is 11.6 Å². The highest BCUT2D eigenvalue weighted by atomic mass is 16.5. The number of hydrogen-bond acceptors (Lipinski definition) is 3. The Labute approximate surface area is 120 Å². The summed E-state index contributed by atoms with van der Waals surface area (Å²) in [5, 5.41) is 3.37. The third-order valence-corrected chi connectivity index (χ3v) is 3.05. The molecule has 1 aromatic carbocycles. The number of unbranched alkanes of at least 4 members (excludes halogenated alkanes) is 1. The molecule has 4 nitrogen and oxygen atoms in total. The molecule has 0 amide bonds. The lowest BCUT2D eigenvalue weighted by Gasteiger charge is -2.10. The van der Waals surface area contributed by atoms with Crippen LogP contribution in [-0.2, 0) is 6.54 Å². The van der Waals surface area contributed by atoms with Crippen molar-refractivity contribution in [1.82, 2.24) is 9.55 Å². The molecule has 0 atom stereocenters. The largest absolute Gasteiger partial charge is 0.494 e. The van der Waals surface area contributed by atoms with E-state index in [9.17, 15) is 0 Å². The smallest absolute Gasteiger partial charge is 0.207 e. The van der Waals surface area contributed by atoms with Gasteiger partial charge in [-0.1, -0.05) is 19.4 Å². The SMILES string of the molecule is CCCCn1cc(C)nc1Nc1cccc(OCC)c1. The van der Waals surface area contributed by atoms with Crippen LogP contribution in [0.15, 0.2) is 30.5 Å². The second kappa shape index (κ2) is 6.98. The Balaban J connectivity index is 2.14. The van der Waals surface area contributed by atoms with E-state index in [1.54, 1.807) is 0 Å². The first-order valence-corrected chi connectivity index (χ1v) is 7.26. The maximum Gasteiger partial charge on any atom is 0.207 e. The van der Waals surface area contributed by atoms with Gasteiger partial charge in [0.15, 0.2) is 0 Å². The summed E-state index contributed by atoms with van der Waals surface area (Å²) >= 11 is 0. The van der Waals surface area contributed by atoms with Crippen LogP contribution >= 0.6 is 0 Å². The third-order valence-electron chi connectivity index (χ3n) is 3.05. The van der Waals surface area contributed by atoms with Crippen molar-refractivity contribution in [1.29, 1.82) is 0 Å². The molecular formula is C16H23N3O. The zero-order valence-electron chi connectivity index (χ0n) is 12.5. The van der Waals surface area contributed by atoms with Crippen LogP contribution in [-0.4, -0.2) is 16.2 Å². The van der Waals surface area contributed by atoms with Crippen molar-refractivity contribution in [3.8, 4) is 5.75 Å². The lowest BCUT2D eigenvalue weighted by molar-refractivity contribution is 0.340. The van der Waals surface area contributed by atoms with E-state index in [0.717, 1.165) is 36.0 Å². The molecule has 1 N–H and O–H groups in total. The molecule has 108 valence electrons. The minimum Gasteiger partial charge on any atom is -0.494 e. The van der Waals surface area contributed by atoms with Crippen LogP contribution in [0.2, 0.25) is 0 Å². The molecule has 1 aromatic heterocycles. The zero-order valence-corrected chi connectivity index (χ0v) is 12.5. The van der Waals surface area contributed by atoms with Crippen molar-refractivity contribution >= 4 is 11.6 Å². The number of benzene rings is 1. The molecule has 0 bridgehead atoms. The van der Waals surface area contributed by atoms with Crippen molar-refractivity contribution in [3.05, 3.63) is 36.2 Å². The Morgan fingerprint density at radius 3 is 2.90 bits per heavy atom. The molecule has 0 saturated heterocycles. The number of hydrogen-bond donors (Lipinski definition) is 1. The molecule has 0 fully saturated rings. The number of nitrogens with one attached hydrogen (secondary N) is 1. The van der Waals surface area contributed by atoms with Gasteiger partial charge in [0.25, 0.3) is 0 Å². The molecule has 0 aliphatic heterocycles. The van der Waals surface area contributed by atoms with Crippen LogP contribution < -0.4 is 10.1 Å². The van der Waals surface area contributed by atoms with Crippen molar-refractivity contribution in [2.75, 3.05) is 11.9 Å². The van der Waals surface area contributed by atoms with Crippen LogP contribution in [0.5, 0.6) is 5.75 Å². The van der Waals surface area contributed by atoms with Crippen molar-refractivity contribution < 1.29 is 4.74 Å². The maximum atomic E-state index is 5.52. The standard InChI is InChI=1S/C16H23N3O/c1-4-6-10-19-12-13(3)17-16(19)18-14-8-7-9-15(11-14)20-5-2/h7-9,11-12H,4-6,10H2,1-3H3,(H,17,18). The fourth-order valence-electron chi connectivity index (χ4n) is 2.10. The van der Waals surface area contributed by atoms with Crippen molar-refractivity contribution in [3.63, 3.8) is 0 Å². The molecule has 0 saturated carbocycles. The molecular weight excluding hydrogens is 250 g/mol. The Morgan fingerprint density at radius 1 is 1.30 bits per heavy atom. The summed E-state index contributed by atoms with van der Waals surface area (Å²) in [6, 6.07) is 7.97. The molecule has 2 rings (SSSR count). The average molecular weight is 273 g/mol. The van der Waals surface area contributed by atoms with Gasteiger partial charge in [0.1, 0.15) is 5.75 Å². The van der Waals surface area contributed by atoms with E-state index in [1.165, 1.54) is 6.42 Å². The minimum absolute atomic E-state index is 0.674. The lowest BCUT2D eigenvalue weighted by atomic mass is 10.3. The van der Waals surface area contributed by atoms with E-state index in [2.05, 4.69) is 28.0 Å². The third kappa shape index (κ3) is 3.76. The summed E-state index contributed by atoms with van der Waals surface area (Å²) in [5.74, 6) is 1.77. The molecule has 0 spiro atoms. The van der Waals surface area contributed by atoms with E-state index in [1.807, 2.05) is 38.1 Å². The monoisotopic (exact) mass is 273 g/mol. The molecule has 20 heavy (non-hydrogen) atoms. The molecule has 4 heteroatoms. The maximum absolute atomic E-state index is 5.52. The van der Waals surface area contributed by atoms with E-state index in [0.29, 0.717) is 6.61 Å². The van der Waals surface area contributed by atoms with Gasteiger partial charge in [0.2, 0.25) is 5.95 Å². The first-order valence-electron chi connectivity index (χ1n) is 7.26. The molecule has 0 unspecified atom stereocenters. The summed E-state index contributed by atoms with van der Waals surface area (Å²) in [4.78, 5) is 4.55. The van der Waals surface area contributed by atoms with Crippen LogP contribution in [0.3, 0.4) is 0 Å². The van der Waals surface area contributed by atoms with Crippen LogP contribution in [0, 0.1) is 6.92 Å². The minimum atomic E-state index is 0.674. The Bertz CT molecular complexity index is 548. The summed E-state index contributed by atoms with van der Waals surface area (Å²) in [7, 11) is 0. The van der Waals surface area contributed by atoms with Gasteiger partial charge in [-0.2, -0.15) is 0 Å². The first kappa shape index (κ1) is 14.4. The van der Waals surface area contributed by atoms with E-state index >= 15 is 0 Å². The highest BCUT2D eigenvalue weighted by Gasteiger charge is 2.06. The van der Waals surface area contributed by atoms with Gasteiger partial charge < -0.3 is 14.6 Å². The molecule has 1 heterocycles. The molecule has 0 aliphatic rings. The highest BCUT2D eigenvalue weighted by Crippen LogP contribution is 2.21. The van der Waals surface area contributed by atoms with Crippen molar-refractivity contribution in [2.45, 2.75) is 40.2 Å². The normalized spacial score (nSPS) is 10.6. The first-order chi connectivity index (χ1) is 9.72. The number of imidazole rings is 1. The van der Waals surface area contributed by atoms with Crippen LogP contribution in [0.1, 0.15) is 32.4 Å². The van der Waals surface area contributed by atoms with Gasteiger partial charge in [0, 0.05) is 24.5 Å². The molecule has 0 aliphatic carbocycles. The number of nitrogens with zero attached hydrogens (tertiary/aromatic N) is 2. The zero-order chi connectivity index (χ0) is 14.4. The number of aromatic nitrogens is 2. The summed E-state index contributed by atoms with van der Waals surface area (Å²) in [6.45, 7) is 7.87. The highest BCUT2D eigenvalue weighted by molar-refractivity contribution is 5.56. The Morgan fingerprint density at radius 2 is 2.15 bits per heavy atom.